The number of benzene rings is 2. The van der Waals surface area contributed by atoms with Crippen LogP contribution >= 0.6 is 0 Å². The molecule has 1 unspecified atom stereocenters. The van der Waals surface area contributed by atoms with E-state index in [1.807, 2.05) is 39.0 Å². The number of nitrogens with two attached hydrogens (primary N) is 1. The van der Waals surface area contributed by atoms with E-state index in [0.29, 0.717) is 0 Å². The molecular weight excluding hydrogens is 353 g/mol. The molecule has 0 saturated carbocycles. The molecule has 0 amide bonds. The molecule has 0 radical (unpaired) electrons. The molecule has 0 spiro atoms. The normalized spacial score (nSPS) is 13.6. The summed E-state index contributed by atoms with van der Waals surface area (Å²) in [7, 11) is -4.47. The monoisotopic (exact) mass is 372 g/mol. The van der Waals surface area contributed by atoms with Crippen LogP contribution in [-0.2, 0) is 16.2 Å². The molecule has 25 heavy (non-hydrogen) atoms. The van der Waals surface area contributed by atoms with Crippen LogP contribution in [0.25, 0.3) is 0 Å². The van der Waals surface area contributed by atoms with E-state index in [-0.39, 0.29) is 11.7 Å². The van der Waals surface area contributed by atoms with Crippen LogP contribution in [0.1, 0.15) is 35.2 Å². The van der Waals surface area contributed by atoms with Gasteiger partial charge in [0.1, 0.15) is 0 Å². The number of nitrogens with one attached hydrogen (secondary N) is 1. The van der Waals surface area contributed by atoms with Crippen molar-refractivity contribution in [2.24, 2.45) is 5.14 Å². The first-order chi connectivity index (χ1) is 11.4. The first-order valence-electron chi connectivity index (χ1n) is 7.46. The predicted octanol–water partition coefficient (Wildman–Crippen LogP) is 4.14. The lowest BCUT2D eigenvalue weighted by molar-refractivity contribution is -0.139. The van der Waals surface area contributed by atoms with Crippen LogP contribution in [0.5, 0.6) is 0 Å². The Bertz CT molecular complexity index is 873. The molecule has 3 N–H and O–H groups in total. The van der Waals surface area contributed by atoms with Crippen molar-refractivity contribution < 1.29 is 21.6 Å². The van der Waals surface area contributed by atoms with Crippen LogP contribution in [0.2, 0.25) is 0 Å². The molecule has 0 aliphatic heterocycles. The quantitative estimate of drug-likeness (QED) is 0.847. The highest BCUT2D eigenvalue weighted by atomic mass is 32.2. The standard InChI is InChI=1S/C17H19F3N2O2S/c1-10-6-11(2)8-13(7-10)12(3)22-14-4-5-16(25(21,23)24)15(9-14)17(18,19)20/h4-9,12,22H,1-3H3,(H2,21,23,24). The Morgan fingerprint density at radius 3 is 2.08 bits per heavy atom. The summed E-state index contributed by atoms with van der Waals surface area (Å²) in [6.45, 7) is 5.69. The highest BCUT2D eigenvalue weighted by Gasteiger charge is 2.36. The lowest BCUT2D eigenvalue weighted by atomic mass is 10.0. The van der Waals surface area contributed by atoms with Gasteiger partial charge in [0.05, 0.1) is 10.5 Å². The maximum Gasteiger partial charge on any atom is 0.417 e. The van der Waals surface area contributed by atoms with Gasteiger partial charge in [-0.1, -0.05) is 29.3 Å². The van der Waals surface area contributed by atoms with Gasteiger partial charge in [-0.3, -0.25) is 0 Å². The minimum Gasteiger partial charge on any atom is -0.379 e. The molecule has 0 aliphatic carbocycles. The van der Waals surface area contributed by atoms with E-state index < -0.39 is 26.7 Å². The molecule has 0 aromatic heterocycles. The van der Waals surface area contributed by atoms with E-state index in [1.165, 1.54) is 6.07 Å². The van der Waals surface area contributed by atoms with Gasteiger partial charge in [0.25, 0.3) is 0 Å². The Labute approximate surface area is 144 Å². The van der Waals surface area contributed by atoms with Gasteiger partial charge in [-0.2, -0.15) is 13.2 Å². The Morgan fingerprint density at radius 2 is 1.60 bits per heavy atom. The predicted molar refractivity (Wildman–Crippen MR) is 90.8 cm³/mol. The second-order valence-electron chi connectivity index (χ2n) is 6.04. The van der Waals surface area contributed by atoms with Crippen molar-refractivity contribution in [2.75, 3.05) is 5.32 Å². The van der Waals surface area contributed by atoms with E-state index in [9.17, 15) is 21.6 Å². The van der Waals surface area contributed by atoms with E-state index in [2.05, 4.69) is 5.32 Å². The van der Waals surface area contributed by atoms with E-state index in [0.717, 1.165) is 28.8 Å². The van der Waals surface area contributed by atoms with Gasteiger partial charge < -0.3 is 5.32 Å². The van der Waals surface area contributed by atoms with Crippen LogP contribution in [0, 0.1) is 13.8 Å². The minimum absolute atomic E-state index is 0.159. The van der Waals surface area contributed by atoms with Gasteiger partial charge in [-0.05, 0) is 44.5 Å². The van der Waals surface area contributed by atoms with Crippen molar-refractivity contribution >= 4 is 15.7 Å². The molecule has 0 heterocycles. The smallest absolute Gasteiger partial charge is 0.379 e. The second-order valence-corrected chi connectivity index (χ2v) is 7.57. The summed E-state index contributed by atoms with van der Waals surface area (Å²) in [5.74, 6) is 0. The number of aryl methyl sites for hydroxylation is 2. The van der Waals surface area contributed by atoms with Crippen molar-refractivity contribution in [2.45, 2.75) is 37.9 Å². The summed E-state index contributed by atoms with van der Waals surface area (Å²) in [5.41, 5.74) is 1.88. The van der Waals surface area contributed by atoms with Gasteiger partial charge >= 0.3 is 6.18 Å². The molecule has 2 aromatic rings. The summed E-state index contributed by atoms with van der Waals surface area (Å²) in [6.07, 6.45) is -4.83. The molecule has 8 heteroatoms. The third-order valence-corrected chi connectivity index (χ3v) is 4.69. The van der Waals surface area contributed by atoms with Crippen molar-refractivity contribution in [3.05, 3.63) is 58.7 Å². The third-order valence-electron chi connectivity index (χ3n) is 3.72. The summed E-state index contributed by atoms with van der Waals surface area (Å²) >= 11 is 0. The van der Waals surface area contributed by atoms with Crippen molar-refractivity contribution in [3.8, 4) is 0 Å². The molecule has 0 saturated heterocycles. The summed E-state index contributed by atoms with van der Waals surface area (Å²) in [5, 5.41) is 7.85. The molecule has 1 atom stereocenters. The Hall–Kier alpha value is -2.06. The molecule has 4 nitrogen and oxygen atoms in total. The maximum atomic E-state index is 13.2. The summed E-state index contributed by atoms with van der Waals surface area (Å²) in [4.78, 5) is -0.940. The fraction of sp³-hybridized carbons (Fsp3) is 0.294. The Balaban J connectivity index is 2.40. The molecule has 0 bridgehead atoms. The van der Waals surface area contributed by atoms with Crippen molar-refractivity contribution in [1.82, 2.24) is 0 Å². The number of hydrogen-bond acceptors (Lipinski definition) is 3. The van der Waals surface area contributed by atoms with E-state index >= 15 is 0 Å². The van der Waals surface area contributed by atoms with Gasteiger partial charge in [0.2, 0.25) is 10.0 Å². The first kappa shape index (κ1) is 19.3. The van der Waals surface area contributed by atoms with Crippen LogP contribution in [0.3, 0.4) is 0 Å². The second kappa shape index (κ2) is 6.68. The van der Waals surface area contributed by atoms with Gasteiger partial charge in [-0.25, -0.2) is 13.6 Å². The number of alkyl halides is 3. The van der Waals surface area contributed by atoms with Gasteiger partial charge in [-0.15, -0.1) is 0 Å². The van der Waals surface area contributed by atoms with Crippen molar-refractivity contribution in [1.29, 1.82) is 0 Å². The molecule has 0 aliphatic rings. The van der Waals surface area contributed by atoms with Crippen LogP contribution in [-0.4, -0.2) is 8.42 Å². The van der Waals surface area contributed by atoms with Gasteiger partial charge in [0, 0.05) is 11.7 Å². The molecule has 0 fully saturated rings. The Morgan fingerprint density at radius 1 is 1.04 bits per heavy atom. The summed E-state index contributed by atoms with van der Waals surface area (Å²) < 4.78 is 62.3. The van der Waals surface area contributed by atoms with Crippen molar-refractivity contribution in [3.63, 3.8) is 0 Å². The fourth-order valence-corrected chi connectivity index (χ4v) is 3.42. The average Bonchev–Trinajstić information content (AvgIpc) is 2.44. The average molecular weight is 372 g/mol. The van der Waals surface area contributed by atoms with Gasteiger partial charge in [0.15, 0.2) is 0 Å². The SMILES string of the molecule is Cc1cc(C)cc(C(C)Nc2ccc(S(N)(=O)=O)c(C(F)(F)F)c2)c1. The zero-order chi connectivity index (χ0) is 19.0. The lowest BCUT2D eigenvalue weighted by Crippen LogP contribution is -2.19. The highest BCUT2D eigenvalue weighted by molar-refractivity contribution is 7.89. The fourth-order valence-electron chi connectivity index (χ4n) is 2.68. The number of rotatable bonds is 4. The zero-order valence-corrected chi connectivity index (χ0v) is 14.8. The molecule has 2 rings (SSSR count). The lowest BCUT2D eigenvalue weighted by Gasteiger charge is -2.19. The highest BCUT2D eigenvalue weighted by Crippen LogP contribution is 2.36. The van der Waals surface area contributed by atoms with Crippen LogP contribution < -0.4 is 10.5 Å². The molecular formula is C17H19F3N2O2S. The number of primary sulfonamides is 1. The van der Waals surface area contributed by atoms with Crippen LogP contribution in [0.15, 0.2) is 41.3 Å². The number of hydrogen-bond donors (Lipinski definition) is 2. The topological polar surface area (TPSA) is 72.2 Å². The maximum absolute atomic E-state index is 13.2. The number of halogens is 3. The zero-order valence-electron chi connectivity index (χ0n) is 14.0. The summed E-state index contributed by atoms with van der Waals surface area (Å²) in [6, 6.07) is 8.52. The van der Waals surface area contributed by atoms with Crippen LogP contribution in [0.4, 0.5) is 18.9 Å². The molecule has 2 aromatic carbocycles. The van der Waals surface area contributed by atoms with E-state index in [4.69, 9.17) is 5.14 Å². The molecule has 136 valence electrons. The number of anilines is 1. The first-order valence-corrected chi connectivity index (χ1v) is 9.01. The number of sulfonamides is 1. The Kier molecular flexibility index (Phi) is 5.15. The third kappa shape index (κ3) is 4.73. The largest absolute Gasteiger partial charge is 0.417 e. The van der Waals surface area contributed by atoms with E-state index in [1.54, 1.807) is 0 Å². The minimum atomic E-state index is -4.83.